The number of carbonyl (C=O) groups is 1. The number of unbranched alkanes of at least 4 members (excludes halogenated alkanes) is 7. The molecule has 3 N–H and O–H groups in total. The van der Waals surface area contributed by atoms with Crippen LogP contribution >= 0.6 is 0 Å². The van der Waals surface area contributed by atoms with E-state index in [2.05, 4.69) is 16.0 Å². The molecular weight excluding hydrogens is 834 g/mol. The highest BCUT2D eigenvalue weighted by Gasteiger charge is 2.28. The molecule has 1 aliphatic rings. The highest BCUT2D eigenvalue weighted by molar-refractivity contribution is 7.86. The van der Waals surface area contributed by atoms with E-state index in [1.54, 1.807) is 60.3 Å². The van der Waals surface area contributed by atoms with Gasteiger partial charge in [0.2, 0.25) is 5.88 Å². The number of ether oxygens (including phenoxy) is 2. The van der Waals surface area contributed by atoms with Crippen LogP contribution in [0.3, 0.4) is 0 Å². The van der Waals surface area contributed by atoms with Crippen LogP contribution in [-0.2, 0) is 37.2 Å². The number of halogens is 3. The number of nitrogens with zero attached hydrogens (tertiary/aromatic N) is 5. The molecule has 1 saturated heterocycles. The molecule has 16 heteroatoms. The number of amides is 1. The number of para-hydroxylation sites is 1. The first-order chi connectivity index (χ1) is 30.2. The van der Waals surface area contributed by atoms with Gasteiger partial charge in [-0.3, -0.25) is 14.2 Å². The predicted molar refractivity (Wildman–Crippen MR) is 239 cm³/mol. The van der Waals surface area contributed by atoms with Gasteiger partial charge in [0.15, 0.2) is 6.61 Å². The molecule has 0 radical (unpaired) electrons. The minimum Gasteiger partial charge on any atom is -0.484 e. The lowest BCUT2D eigenvalue weighted by atomic mass is 10.1. The van der Waals surface area contributed by atoms with E-state index in [4.69, 9.17) is 19.8 Å². The summed E-state index contributed by atoms with van der Waals surface area (Å²) < 4.78 is 82.7. The van der Waals surface area contributed by atoms with Crippen molar-refractivity contribution in [3.05, 3.63) is 114 Å². The van der Waals surface area contributed by atoms with Crippen molar-refractivity contribution in [2.24, 2.45) is 19.8 Å². The molecule has 12 nitrogen and oxygen atoms in total. The number of piperazine rings is 1. The lowest BCUT2D eigenvalue weighted by molar-refractivity contribution is -0.153. The minimum absolute atomic E-state index is 0.0215. The number of aromatic nitrogens is 3. The quantitative estimate of drug-likeness (QED) is 0.0637. The number of aryl methyl sites for hydroxylation is 3. The van der Waals surface area contributed by atoms with Crippen LogP contribution in [0.2, 0.25) is 0 Å². The molecule has 0 atom stereocenters. The van der Waals surface area contributed by atoms with E-state index in [0.29, 0.717) is 55.6 Å². The van der Waals surface area contributed by atoms with Crippen LogP contribution in [0.5, 0.6) is 17.4 Å². The first kappa shape index (κ1) is 47.1. The third-order valence-electron chi connectivity index (χ3n) is 11.2. The van der Waals surface area contributed by atoms with Gasteiger partial charge in [0, 0.05) is 82.1 Å². The molecule has 1 fully saturated rings. The molecule has 1 aliphatic heterocycles. The van der Waals surface area contributed by atoms with Crippen molar-refractivity contribution in [2.75, 3.05) is 39.3 Å². The van der Waals surface area contributed by atoms with Gasteiger partial charge in [0.1, 0.15) is 22.1 Å². The first-order valence-corrected chi connectivity index (χ1v) is 22.9. The maximum absolute atomic E-state index is 13.6. The number of carbonyl (C=O) groups excluding carboxylic acids is 1. The number of alkyl halides is 3. The summed E-state index contributed by atoms with van der Waals surface area (Å²) in [5, 5.41) is 1.75. The number of rotatable bonds is 18. The molecule has 3 aromatic heterocycles. The van der Waals surface area contributed by atoms with Gasteiger partial charge >= 0.3 is 6.18 Å². The Morgan fingerprint density at radius 3 is 2.11 bits per heavy atom. The Morgan fingerprint density at radius 1 is 0.794 bits per heavy atom. The van der Waals surface area contributed by atoms with Crippen LogP contribution in [0, 0.1) is 0 Å². The summed E-state index contributed by atoms with van der Waals surface area (Å²) in [6.45, 7) is 2.69. The SMILES string of the molecule is Cn1c(C(=O)N2CCN(Cc3ccc(OCC(F)(F)F)cc3)CC2)cc2ccc(Oc3ccc(CCCCCCCCCCN)cn3)cc21.Cn1ccc2cccc(S(=O)(=O)O)c21. The van der Waals surface area contributed by atoms with Crippen LogP contribution in [0.15, 0.2) is 102 Å². The Hall–Kier alpha value is -5.42. The van der Waals surface area contributed by atoms with E-state index in [9.17, 15) is 26.4 Å². The Labute approximate surface area is 367 Å². The van der Waals surface area contributed by atoms with Gasteiger partial charge in [0.05, 0.1) is 11.0 Å². The lowest BCUT2D eigenvalue weighted by Crippen LogP contribution is -2.48. The molecule has 63 heavy (non-hydrogen) atoms. The third-order valence-corrected chi connectivity index (χ3v) is 12.1. The second-order valence-electron chi connectivity index (χ2n) is 16.0. The van der Waals surface area contributed by atoms with Crippen LogP contribution in [0.25, 0.3) is 21.8 Å². The fourth-order valence-electron chi connectivity index (χ4n) is 7.76. The second kappa shape index (κ2) is 21.8. The maximum atomic E-state index is 13.6. The normalized spacial score (nSPS) is 13.6. The first-order valence-electron chi connectivity index (χ1n) is 21.4. The number of hydrogen-bond acceptors (Lipinski definition) is 8. The van der Waals surface area contributed by atoms with Crippen LogP contribution in [0.1, 0.15) is 73.0 Å². The summed E-state index contributed by atoms with van der Waals surface area (Å²) in [6, 6.07) is 25.0. The van der Waals surface area contributed by atoms with Crippen molar-refractivity contribution in [1.82, 2.24) is 23.9 Å². The molecular formula is C47H57F3N6O6S. The molecule has 3 aromatic carbocycles. The molecule has 7 rings (SSSR count). The zero-order chi connectivity index (χ0) is 45.0. The Morgan fingerprint density at radius 2 is 1.46 bits per heavy atom. The average molecular weight is 891 g/mol. The summed E-state index contributed by atoms with van der Waals surface area (Å²) >= 11 is 0. The van der Waals surface area contributed by atoms with Crippen LogP contribution < -0.4 is 15.2 Å². The van der Waals surface area contributed by atoms with Gasteiger partial charge in [-0.05, 0) is 79.4 Å². The zero-order valence-corrected chi connectivity index (χ0v) is 36.7. The number of nitrogens with two attached hydrogens (primary N) is 1. The largest absolute Gasteiger partial charge is 0.484 e. The Balaban J connectivity index is 0.000000397. The molecule has 6 aromatic rings. The molecule has 338 valence electrons. The number of benzene rings is 3. The van der Waals surface area contributed by atoms with E-state index in [1.807, 2.05) is 53.0 Å². The van der Waals surface area contributed by atoms with Gasteiger partial charge in [-0.25, -0.2) is 4.98 Å². The van der Waals surface area contributed by atoms with Crippen LogP contribution in [-0.4, -0.2) is 88.3 Å². The van der Waals surface area contributed by atoms with Crippen molar-refractivity contribution in [2.45, 2.75) is 75.4 Å². The zero-order valence-electron chi connectivity index (χ0n) is 35.9. The Kier molecular flexibility index (Phi) is 16.3. The monoisotopic (exact) mass is 890 g/mol. The van der Waals surface area contributed by atoms with Crippen molar-refractivity contribution >= 4 is 37.8 Å². The van der Waals surface area contributed by atoms with Crippen molar-refractivity contribution in [3.8, 4) is 17.4 Å². The molecule has 1 amide bonds. The van der Waals surface area contributed by atoms with Gasteiger partial charge < -0.3 is 29.2 Å². The molecule has 0 saturated carbocycles. The summed E-state index contributed by atoms with van der Waals surface area (Å²) in [5.41, 5.74) is 9.78. The second-order valence-corrected chi connectivity index (χ2v) is 17.4. The Bertz CT molecular complexity index is 2520. The van der Waals surface area contributed by atoms with E-state index < -0.39 is 22.9 Å². The summed E-state index contributed by atoms with van der Waals surface area (Å²) in [4.78, 5) is 22.1. The third kappa shape index (κ3) is 13.5. The van der Waals surface area contributed by atoms with Gasteiger partial charge in [-0.2, -0.15) is 21.6 Å². The molecule has 0 spiro atoms. The number of pyridine rings is 1. The molecule has 0 unspecified atom stereocenters. The standard InChI is InChI=1S/C38H48F3N5O3.C9H9NO3S/c1-44-34-25-33(49-36-18-13-29(26-43-36)10-8-6-4-2-3-5-7-9-19-42)17-14-31(34)24-35(44)37(47)46-22-20-45(21-23-46)27-30-11-15-32(16-12-30)48-28-38(39,40)41;1-10-6-5-7-3-2-4-8(9(7)10)14(11,12)13/h11-18,24-26H,2-10,19-23,27-28,42H2,1H3;2-6H,1H3,(H,11,12,13). The van der Waals surface area contributed by atoms with Crippen molar-refractivity contribution in [3.63, 3.8) is 0 Å². The molecule has 0 aliphatic carbocycles. The van der Waals surface area contributed by atoms with Gasteiger partial charge in [0.25, 0.3) is 16.0 Å². The summed E-state index contributed by atoms with van der Waals surface area (Å²) in [6.07, 6.45) is 10.2. The molecule has 4 heterocycles. The fraction of sp³-hybridized carbons (Fsp3) is 0.404. The summed E-state index contributed by atoms with van der Waals surface area (Å²) in [7, 11) is -0.514. The van der Waals surface area contributed by atoms with E-state index in [-0.39, 0.29) is 16.6 Å². The van der Waals surface area contributed by atoms with Crippen molar-refractivity contribution < 1.29 is 40.4 Å². The average Bonchev–Trinajstić information content (AvgIpc) is 3.81. The molecule has 0 bridgehead atoms. The highest BCUT2D eigenvalue weighted by atomic mass is 32.2. The topological polar surface area (TPSA) is 145 Å². The van der Waals surface area contributed by atoms with E-state index in [0.717, 1.165) is 47.7 Å². The summed E-state index contributed by atoms with van der Waals surface area (Å²) in [5.74, 6) is 1.36. The highest BCUT2D eigenvalue weighted by Crippen LogP contribution is 2.29. The lowest BCUT2D eigenvalue weighted by Gasteiger charge is -2.34. The van der Waals surface area contributed by atoms with E-state index >= 15 is 0 Å². The van der Waals surface area contributed by atoms with Crippen LogP contribution in [0.4, 0.5) is 13.2 Å². The predicted octanol–water partition coefficient (Wildman–Crippen LogP) is 9.31. The van der Waals surface area contributed by atoms with Gasteiger partial charge in [-0.15, -0.1) is 0 Å². The van der Waals surface area contributed by atoms with Crippen molar-refractivity contribution in [1.29, 1.82) is 0 Å². The van der Waals surface area contributed by atoms with Gasteiger partial charge in [-0.1, -0.05) is 68.9 Å². The van der Waals surface area contributed by atoms with E-state index in [1.165, 1.54) is 50.2 Å². The maximum Gasteiger partial charge on any atom is 0.422 e. The minimum atomic E-state index is -4.37. The fourth-order valence-corrected chi connectivity index (χ4v) is 8.52. The number of hydrogen-bond donors (Lipinski definition) is 2. The smallest absolute Gasteiger partial charge is 0.422 e. The number of fused-ring (bicyclic) bond motifs is 2.